The second-order valence-electron chi connectivity index (χ2n) is 4.75. The summed E-state index contributed by atoms with van der Waals surface area (Å²) in [5.74, 6) is -0.107. The van der Waals surface area contributed by atoms with Gasteiger partial charge in [-0.1, -0.05) is 12.1 Å². The highest BCUT2D eigenvalue weighted by atomic mass is 19.1. The van der Waals surface area contributed by atoms with Crippen LogP contribution in [0.25, 0.3) is 0 Å². The molecule has 0 atom stereocenters. The number of nitrogens with one attached hydrogen (secondary N) is 1. The fraction of sp³-hybridized carbons (Fsp3) is 0.500. The predicted octanol–water partition coefficient (Wildman–Crippen LogP) is 1.08. The van der Waals surface area contributed by atoms with E-state index in [-0.39, 0.29) is 11.7 Å². The van der Waals surface area contributed by atoms with Crippen molar-refractivity contribution in [3.05, 3.63) is 30.1 Å². The lowest BCUT2D eigenvalue weighted by molar-refractivity contribution is -0.131. The van der Waals surface area contributed by atoms with Gasteiger partial charge in [-0.25, -0.2) is 4.39 Å². The fourth-order valence-corrected chi connectivity index (χ4v) is 2.22. The second-order valence-corrected chi connectivity index (χ2v) is 4.75. The lowest BCUT2D eigenvalue weighted by atomic mass is 10.2. The van der Waals surface area contributed by atoms with Gasteiger partial charge in [-0.3, -0.25) is 4.79 Å². The van der Waals surface area contributed by atoms with Crippen LogP contribution in [0.3, 0.4) is 0 Å². The summed E-state index contributed by atoms with van der Waals surface area (Å²) in [6, 6.07) is 6.63. The highest BCUT2D eigenvalue weighted by Crippen LogP contribution is 2.17. The van der Waals surface area contributed by atoms with Crippen molar-refractivity contribution in [1.29, 1.82) is 0 Å². The normalized spacial score (nSPS) is 15.4. The van der Waals surface area contributed by atoms with E-state index in [9.17, 15) is 9.18 Å². The topological polar surface area (TPSA) is 35.6 Å². The maximum Gasteiger partial charge on any atom is 0.224 e. The number of hydrogen-bond acceptors (Lipinski definition) is 3. The van der Waals surface area contributed by atoms with Gasteiger partial charge in [0.2, 0.25) is 5.91 Å². The molecule has 0 radical (unpaired) electrons. The van der Waals surface area contributed by atoms with Crippen LogP contribution in [0, 0.1) is 5.82 Å². The minimum absolute atomic E-state index is 0.143. The molecule has 0 saturated carbocycles. The summed E-state index contributed by atoms with van der Waals surface area (Å²) in [5, 5.41) is 3.21. The first-order valence-corrected chi connectivity index (χ1v) is 6.62. The molecule has 1 aliphatic rings. The van der Waals surface area contributed by atoms with Crippen molar-refractivity contribution in [3.63, 3.8) is 0 Å². The molecule has 1 aliphatic heterocycles. The van der Waals surface area contributed by atoms with E-state index in [1.807, 2.05) is 11.9 Å². The molecule has 1 aromatic rings. The molecule has 1 N–H and O–H groups in total. The van der Waals surface area contributed by atoms with Crippen molar-refractivity contribution < 1.29 is 9.18 Å². The molecule has 0 aromatic heterocycles. The second kappa shape index (κ2) is 6.52. The van der Waals surface area contributed by atoms with E-state index in [1.54, 1.807) is 23.1 Å². The number of piperazine rings is 1. The number of halogens is 1. The molecule has 1 fully saturated rings. The molecule has 1 saturated heterocycles. The van der Waals surface area contributed by atoms with Crippen LogP contribution in [-0.4, -0.2) is 50.6 Å². The molecule has 104 valence electrons. The number of hydrogen-bond donors (Lipinski definition) is 1. The van der Waals surface area contributed by atoms with Gasteiger partial charge in [-0.2, -0.15) is 0 Å². The summed E-state index contributed by atoms with van der Waals surface area (Å²) in [6.07, 6.45) is 0.421. The van der Waals surface area contributed by atoms with Gasteiger partial charge in [-0.05, 0) is 12.1 Å². The number of carbonyl (C=O) groups excluding carboxylic acids is 1. The van der Waals surface area contributed by atoms with Crippen LogP contribution in [-0.2, 0) is 4.79 Å². The highest BCUT2D eigenvalue weighted by Gasteiger charge is 2.16. The first-order valence-electron chi connectivity index (χ1n) is 6.62. The minimum Gasteiger partial charge on any atom is -0.372 e. The zero-order valence-corrected chi connectivity index (χ0v) is 11.2. The maximum absolute atomic E-state index is 13.6. The minimum atomic E-state index is -0.250. The Kier molecular flexibility index (Phi) is 4.74. The smallest absolute Gasteiger partial charge is 0.224 e. The Morgan fingerprint density at radius 2 is 2.05 bits per heavy atom. The van der Waals surface area contributed by atoms with Gasteiger partial charge in [0.15, 0.2) is 0 Å². The Morgan fingerprint density at radius 1 is 1.37 bits per heavy atom. The van der Waals surface area contributed by atoms with Gasteiger partial charge in [-0.15, -0.1) is 0 Å². The Labute approximate surface area is 113 Å². The van der Waals surface area contributed by atoms with Crippen LogP contribution >= 0.6 is 0 Å². The highest BCUT2D eigenvalue weighted by molar-refractivity contribution is 5.77. The van der Waals surface area contributed by atoms with E-state index in [4.69, 9.17) is 0 Å². The molecule has 4 nitrogen and oxygen atoms in total. The summed E-state index contributed by atoms with van der Waals surface area (Å²) >= 11 is 0. The van der Waals surface area contributed by atoms with Gasteiger partial charge in [0.1, 0.15) is 5.82 Å². The Morgan fingerprint density at radius 3 is 2.74 bits per heavy atom. The van der Waals surface area contributed by atoms with E-state index >= 15 is 0 Å². The predicted molar refractivity (Wildman–Crippen MR) is 73.7 cm³/mol. The van der Waals surface area contributed by atoms with E-state index < -0.39 is 0 Å². The molecule has 0 bridgehead atoms. The zero-order chi connectivity index (χ0) is 13.7. The number of anilines is 1. The van der Waals surface area contributed by atoms with Crippen molar-refractivity contribution in [2.45, 2.75) is 6.42 Å². The number of rotatable bonds is 4. The molecule has 1 aromatic carbocycles. The van der Waals surface area contributed by atoms with Crippen LogP contribution in [0.15, 0.2) is 24.3 Å². The third-order valence-corrected chi connectivity index (χ3v) is 3.39. The molecule has 1 amide bonds. The molecule has 0 unspecified atom stereocenters. The molecule has 19 heavy (non-hydrogen) atoms. The van der Waals surface area contributed by atoms with E-state index in [0.29, 0.717) is 18.7 Å². The molecular formula is C14H20FN3O. The van der Waals surface area contributed by atoms with Gasteiger partial charge in [0.25, 0.3) is 0 Å². The standard InChI is InChI=1S/C14H20FN3O/c1-17(13-5-3-2-4-12(13)15)9-6-14(19)18-10-7-16-8-11-18/h2-5,16H,6-11H2,1H3. The van der Waals surface area contributed by atoms with Crippen molar-refractivity contribution in [2.75, 3.05) is 44.7 Å². The number of para-hydroxylation sites is 1. The van der Waals surface area contributed by atoms with Crippen LogP contribution in [0.5, 0.6) is 0 Å². The van der Waals surface area contributed by atoms with Crippen molar-refractivity contribution in [3.8, 4) is 0 Å². The Balaban J connectivity index is 1.84. The van der Waals surface area contributed by atoms with Crippen LogP contribution in [0.2, 0.25) is 0 Å². The Hall–Kier alpha value is -1.62. The van der Waals surface area contributed by atoms with E-state index in [1.165, 1.54) is 6.07 Å². The van der Waals surface area contributed by atoms with Crippen molar-refractivity contribution in [2.24, 2.45) is 0 Å². The lowest BCUT2D eigenvalue weighted by Crippen LogP contribution is -2.47. The maximum atomic E-state index is 13.6. The largest absolute Gasteiger partial charge is 0.372 e. The van der Waals surface area contributed by atoms with Crippen LogP contribution in [0.1, 0.15) is 6.42 Å². The van der Waals surface area contributed by atoms with Gasteiger partial charge < -0.3 is 15.1 Å². The van der Waals surface area contributed by atoms with Gasteiger partial charge >= 0.3 is 0 Å². The monoisotopic (exact) mass is 265 g/mol. The molecule has 1 heterocycles. The molecular weight excluding hydrogens is 245 g/mol. The molecule has 2 rings (SSSR count). The summed E-state index contributed by atoms with van der Waals surface area (Å²) < 4.78 is 13.6. The first-order chi connectivity index (χ1) is 9.18. The number of carbonyl (C=O) groups is 1. The number of amides is 1. The average molecular weight is 265 g/mol. The van der Waals surface area contributed by atoms with Crippen molar-refractivity contribution in [1.82, 2.24) is 10.2 Å². The quantitative estimate of drug-likeness (QED) is 0.885. The summed E-state index contributed by atoms with van der Waals surface area (Å²) in [7, 11) is 1.81. The van der Waals surface area contributed by atoms with Crippen LogP contribution < -0.4 is 10.2 Å². The van der Waals surface area contributed by atoms with Gasteiger partial charge in [0, 0.05) is 46.2 Å². The first kappa shape index (κ1) is 13.8. The fourth-order valence-electron chi connectivity index (χ4n) is 2.22. The molecule has 5 heteroatoms. The average Bonchev–Trinajstić information content (AvgIpc) is 2.46. The van der Waals surface area contributed by atoms with E-state index in [2.05, 4.69) is 5.32 Å². The van der Waals surface area contributed by atoms with Crippen molar-refractivity contribution >= 4 is 11.6 Å². The lowest BCUT2D eigenvalue weighted by Gasteiger charge is -2.28. The van der Waals surface area contributed by atoms with E-state index in [0.717, 1.165) is 26.2 Å². The number of benzene rings is 1. The summed E-state index contributed by atoms with van der Waals surface area (Å²) in [6.45, 7) is 3.78. The summed E-state index contributed by atoms with van der Waals surface area (Å²) in [5.41, 5.74) is 0.538. The van der Waals surface area contributed by atoms with Crippen LogP contribution in [0.4, 0.5) is 10.1 Å². The van der Waals surface area contributed by atoms with Gasteiger partial charge in [0.05, 0.1) is 5.69 Å². The number of nitrogens with zero attached hydrogens (tertiary/aromatic N) is 2. The molecule has 0 spiro atoms. The molecule has 0 aliphatic carbocycles. The SMILES string of the molecule is CN(CCC(=O)N1CCNCC1)c1ccccc1F. The summed E-state index contributed by atoms with van der Waals surface area (Å²) in [4.78, 5) is 15.7. The third kappa shape index (κ3) is 3.67. The third-order valence-electron chi connectivity index (χ3n) is 3.39. The Bertz CT molecular complexity index is 432. The zero-order valence-electron chi connectivity index (χ0n) is 11.2.